The van der Waals surface area contributed by atoms with E-state index in [1.807, 2.05) is 18.2 Å². The summed E-state index contributed by atoms with van der Waals surface area (Å²) < 4.78 is 0. The zero-order chi connectivity index (χ0) is 7.61. The first kappa shape index (κ1) is 7.26. The van der Waals surface area contributed by atoms with Gasteiger partial charge in [-0.2, -0.15) is 0 Å². The van der Waals surface area contributed by atoms with Crippen molar-refractivity contribution in [3.8, 4) is 0 Å². The number of pyridine rings is 1. The highest BCUT2D eigenvalue weighted by Gasteiger charge is 2.13. The van der Waals surface area contributed by atoms with Gasteiger partial charge in [-0.25, -0.2) is 0 Å². The van der Waals surface area contributed by atoms with E-state index in [-0.39, 0.29) is 5.41 Å². The Hall–Kier alpha value is -0.850. The molecule has 1 aromatic heterocycles. The van der Waals surface area contributed by atoms with Crippen molar-refractivity contribution in [1.29, 1.82) is 0 Å². The topological polar surface area (TPSA) is 12.9 Å². The first-order valence-electron chi connectivity index (χ1n) is 3.37. The molecule has 0 unspecified atom stereocenters. The highest BCUT2D eigenvalue weighted by molar-refractivity contribution is 5.15. The van der Waals surface area contributed by atoms with Gasteiger partial charge in [-0.05, 0) is 19.1 Å². The van der Waals surface area contributed by atoms with E-state index in [2.05, 4.69) is 25.8 Å². The second-order valence-corrected chi connectivity index (χ2v) is 3.10. The zero-order valence-corrected chi connectivity index (χ0v) is 6.46. The average Bonchev–Trinajstić information content (AvgIpc) is 1.88. The first-order chi connectivity index (χ1) is 4.61. The molecule has 1 rings (SSSR count). The third kappa shape index (κ3) is 1.56. The van der Waals surface area contributed by atoms with Crippen molar-refractivity contribution in [2.45, 2.75) is 19.3 Å². The molecule has 0 aliphatic carbocycles. The lowest BCUT2D eigenvalue weighted by atomic mass is 9.92. The third-order valence-electron chi connectivity index (χ3n) is 1.36. The van der Waals surface area contributed by atoms with E-state index in [9.17, 15) is 0 Å². The van der Waals surface area contributed by atoms with Gasteiger partial charge < -0.3 is 0 Å². The fourth-order valence-electron chi connectivity index (χ4n) is 0.763. The number of nitrogens with zero attached hydrogens (tertiary/aromatic N) is 1. The van der Waals surface area contributed by atoms with Gasteiger partial charge in [-0.3, -0.25) is 4.98 Å². The molecular weight excluding hydrogens is 122 g/mol. The minimum atomic E-state index is -0.0682. The molecule has 0 aliphatic rings. The van der Waals surface area contributed by atoms with Crippen LogP contribution in [0.1, 0.15) is 19.5 Å². The lowest BCUT2D eigenvalue weighted by molar-refractivity contribution is 0.639. The molecule has 0 saturated carbocycles. The molecule has 53 valence electrons. The Labute approximate surface area is 62.1 Å². The van der Waals surface area contributed by atoms with Gasteiger partial charge in [0.25, 0.3) is 0 Å². The fourth-order valence-corrected chi connectivity index (χ4v) is 0.763. The Morgan fingerprint density at radius 2 is 2.10 bits per heavy atom. The van der Waals surface area contributed by atoms with Crippen molar-refractivity contribution >= 4 is 0 Å². The van der Waals surface area contributed by atoms with E-state index >= 15 is 0 Å². The van der Waals surface area contributed by atoms with Crippen LogP contribution in [-0.2, 0) is 5.41 Å². The minimum absolute atomic E-state index is 0.0682. The van der Waals surface area contributed by atoms with Crippen LogP contribution in [0.2, 0.25) is 0 Å². The van der Waals surface area contributed by atoms with E-state index in [0.717, 1.165) is 5.69 Å². The quantitative estimate of drug-likeness (QED) is 0.573. The minimum Gasteiger partial charge on any atom is -0.261 e. The summed E-state index contributed by atoms with van der Waals surface area (Å²) in [5.41, 5.74) is 0.969. The van der Waals surface area contributed by atoms with Crippen LogP contribution in [-0.4, -0.2) is 4.98 Å². The molecule has 0 bridgehead atoms. The second kappa shape index (κ2) is 2.41. The molecule has 0 atom stereocenters. The largest absolute Gasteiger partial charge is 0.261 e. The maximum absolute atomic E-state index is 4.19. The Bertz CT molecular complexity index is 196. The molecule has 0 N–H and O–H groups in total. The molecular formula is C9H12N. The highest BCUT2D eigenvalue weighted by Crippen LogP contribution is 2.17. The van der Waals surface area contributed by atoms with Gasteiger partial charge in [-0.1, -0.05) is 19.9 Å². The van der Waals surface area contributed by atoms with Crippen molar-refractivity contribution < 1.29 is 0 Å². The van der Waals surface area contributed by atoms with Gasteiger partial charge in [0.1, 0.15) is 0 Å². The van der Waals surface area contributed by atoms with Crippen LogP contribution in [0, 0.1) is 6.92 Å². The van der Waals surface area contributed by atoms with Gasteiger partial charge in [-0.15, -0.1) is 0 Å². The maximum Gasteiger partial charge on any atom is 0.0459 e. The van der Waals surface area contributed by atoms with Crippen LogP contribution in [0.4, 0.5) is 0 Å². The third-order valence-corrected chi connectivity index (χ3v) is 1.36. The van der Waals surface area contributed by atoms with Crippen LogP contribution < -0.4 is 0 Å². The number of hydrogen-bond acceptors (Lipinski definition) is 1. The fraction of sp³-hybridized carbons (Fsp3) is 0.333. The predicted octanol–water partition coefficient (Wildman–Crippen LogP) is 2.19. The molecule has 0 fully saturated rings. The van der Waals surface area contributed by atoms with E-state index in [1.54, 1.807) is 6.20 Å². The summed E-state index contributed by atoms with van der Waals surface area (Å²) in [5, 5.41) is 0. The molecule has 0 saturated heterocycles. The monoisotopic (exact) mass is 134 g/mol. The van der Waals surface area contributed by atoms with E-state index < -0.39 is 0 Å². The summed E-state index contributed by atoms with van der Waals surface area (Å²) in [5.74, 6) is 0. The van der Waals surface area contributed by atoms with Crippen LogP contribution in [0.15, 0.2) is 24.4 Å². The van der Waals surface area contributed by atoms with Gasteiger partial charge in [0.15, 0.2) is 0 Å². The van der Waals surface area contributed by atoms with Crippen molar-refractivity contribution in [1.82, 2.24) is 4.98 Å². The Morgan fingerprint density at radius 1 is 1.40 bits per heavy atom. The summed E-state index contributed by atoms with van der Waals surface area (Å²) in [6, 6.07) is 5.89. The van der Waals surface area contributed by atoms with Crippen LogP contribution >= 0.6 is 0 Å². The standard InChI is InChI=1S/C9H12N/c1-9(2,3)8-6-4-5-7-10-8/h4-7H,1H2,2-3H3. The molecule has 10 heavy (non-hydrogen) atoms. The van der Waals surface area contributed by atoms with Crippen molar-refractivity contribution in [2.24, 2.45) is 0 Å². The Morgan fingerprint density at radius 3 is 2.40 bits per heavy atom. The van der Waals surface area contributed by atoms with E-state index in [0.29, 0.717) is 0 Å². The smallest absolute Gasteiger partial charge is 0.0459 e. The summed E-state index contributed by atoms with van der Waals surface area (Å²) in [4.78, 5) is 4.19. The molecule has 1 aromatic rings. The average molecular weight is 134 g/mol. The SMILES string of the molecule is [CH2]C(C)(C)c1ccccn1. The first-order valence-corrected chi connectivity index (χ1v) is 3.37. The van der Waals surface area contributed by atoms with Gasteiger partial charge >= 0.3 is 0 Å². The van der Waals surface area contributed by atoms with Gasteiger partial charge in [0.05, 0.1) is 0 Å². The summed E-state index contributed by atoms with van der Waals surface area (Å²) >= 11 is 0. The number of hydrogen-bond donors (Lipinski definition) is 0. The van der Waals surface area contributed by atoms with Gasteiger partial charge in [0.2, 0.25) is 0 Å². The summed E-state index contributed by atoms with van der Waals surface area (Å²) in [6.45, 7) is 8.08. The van der Waals surface area contributed by atoms with E-state index in [4.69, 9.17) is 0 Å². The Balaban J connectivity index is 2.97. The molecule has 1 heteroatoms. The van der Waals surface area contributed by atoms with Crippen molar-refractivity contribution in [3.63, 3.8) is 0 Å². The normalized spacial score (nSPS) is 11.5. The molecule has 0 spiro atoms. The van der Waals surface area contributed by atoms with Gasteiger partial charge in [0, 0.05) is 17.3 Å². The zero-order valence-electron chi connectivity index (χ0n) is 6.46. The predicted molar refractivity (Wildman–Crippen MR) is 42.6 cm³/mol. The number of aromatic nitrogens is 1. The maximum atomic E-state index is 4.19. The molecule has 1 nitrogen and oxygen atoms in total. The van der Waals surface area contributed by atoms with Crippen molar-refractivity contribution in [2.75, 3.05) is 0 Å². The summed E-state index contributed by atoms with van der Waals surface area (Å²) in [6.07, 6.45) is 1.79. The second-order valence-electron chi connectivity index (χ2n) is 3.10. The van der Waals surface area contributed by atoms with E-state index in [1.165, 1.54) is 0 Å². The molecule has 0 aliphatic heterocycles. The van der Waals surface area contributed by atoms with Crippen LogP contribution in [0.3, 0.4) is 0 Å². The van der Waals surface area contributed by atoms with Crippen LogP contribution in [0.5, 0.6) is 0 Å². The molecule has 0 aromatic carbocycles. The lowest BCUT2D eigenvalue weighted by Crippen LogP contribution is -2.12. The molecule has 1 heterocycles. The van der Waals surface area contributed by atoms with Crippen LogP contribution in [0.25, 0.3) is 0 Å². The highest BCUT2D eigenvalue weighted by atomic mass is 14.7. The molecule has 0 amide bonds. The Kier molecular flexibility index (Phi) is 1.75. The summed E-state index contributed by atoms with van der Waals surface area (Å²) in [7, 11) is 0. The molecule has 1 radical (unpaired) electrons. The van der Waals surface area contributed by atoms with Crippen molar-refractivity contribution in [3.05, 3.63) is 37.0 Å². The lowest BCUT2D eigenvalue weighted by Gasteiger charge is -2.16. The number of rotatable bonds is 1.